The minimum absolute atomic E-state index is 1.08. The molecule has 1 aromatic carbocycles. The monoisotopic (exact) mass is 166 g/mol. The molecule has 3 heteroatoms. The van der Waals surface area contributed by atoms with Crippen molar-refractivity contribution in [2.75, 3.05) is 0 Å². The Bertz CT molecular complexity index is 221. The number of rotatable bonds is 3. The van der Waals surface area contributed by atoms with Crippen molar-refractivity contribution in [2.45, 2.75) is 0 Å². The van der Waals surface area contributed by atoms with Gasteiger partial charge in [0, 0.05) is 0 Å². The van der Waals surface area contributed by atoms with Crippen molar-refractivity contribution >= 4 is 16.1 Å². The molecular weight excluding hydrogens is 156 g/mol. The molecule has 0 fully saturated rings. The van der Waals surface area contributed by atoms with Crippen molar-refractivity contribution in [3.05, 3.63) is 42.2 Å². The maximum Gasteiger partial charge on any atom is 0.362 e. The summed E-state index contributed by atoms with van der Waals surface area (Å²) in [7, 11) is -1.29. The average molecular weight is 166 g/mol. The van der Waals surface area contributed by atoms with Crippen LogP contribution in [0.2, 0.25) is 0 Å². The van der Waals surface area contributed by atoms with Gasteiger partial charge in [-0.2, -0.15) is 0 Å². The van der Waals surface area contributed by atoms with E-state index < -0.39 is 10.0 Å². The van der Waals surface area contributed by atoms with Crippen molar-refractivity contribution in [2.24, 2.45) is 0 Å². The lowest BCUT2D eigenvalue weighted by molar-refractivity contribution is 0.408. The first-order chi connectivity index (χ1) is 5.43. The minimum Gasteiger partial charge on any atom is -0.531 e. The van der Waals surface area contributed by atoms with E-state index in [4.69, 9.17) is 9.22 Å². The van der Waals surface area contributed by atoms with Gasteiger partial charge < -0.3 is 9.22 Å². The topological polar surface area (TPSA) is 29.5 Å². The number of benzene rings is 1. The molecule has 0 heterocycles. The fourth-order valence-electron chi connectivity index (χ4n) is 0.734. The van der Waals surface area contributed by atoms with Crippen LogP contribution in [0.3, 0.4) is 0 Å². The molecule has 1 N–H and O–H groups in total. The summed E-state index contributed by atoms with van der Waals surface area (Å²) in [6.45, 7) is 0. The molecule has 0 amide bonds. The maximum atomic E-state index is 8.41. The highest BCUT2D eigenvalue weighted by atomic mass is 28.2. The van der Waals surface area contributed by atoms with Crippen LogP contribution in [0.15, 0.2) is 36.6 Å². The van der Waals surface area contributed by atoms with Gasteiger partial charge in [0.25, 0.3) is 0 Å². The van der Waals surface area contributed by atoms with E-state index in [1.54, 1.807) is 0 Å². The summed E-state index contributed by atoms with van der Waals surface area (Å²) in [5.74, 6) is 0. The Morgan fingerprint density at radius 1 is 1.27 bits per heavy atom. The van der Waals surface area contributed by atoms with Gasteiger partial charge in [0.15, 0.2) is 0 Å². The molecule has 1 aromatic rings. The fourth-order valence-corrected chi connectivity index (χ4v) is 0.916. The van der Waals surface area contributed by atoms with Crippen molar-refractivity contribution in [3.8, 4) is 0 Å². The van der Waals surface area contributed by atoms with Gasteiger partial charge in [0.05, 0.1) is 6.26 Å². The lowest BCUT2D eigenvalue weighted by Gasteiger charge is -1.92. The smallest absolute Gasteiger partial charge is 0.362 e. The molecule has 11 heavy (non-hydrogen) atoms. The van der Waals surface area contributed by atoms with E-state index in [9.17, 15) is 0 Å². The third-order valence-corrected chi connectivity index (χ3v) is 1.57. The van der Waals surface area contributed by atoms with E-state index in [0.717, 1.165) is 5.56 Å². The summed E-state index contributed by atoms with van der Waals surface area (Å²) in [6.07, 6.45) is 3.35. The highest BCUT2D eigenvalue weighted by Crippen LogP contribution is 2.00. The summed E-state index contributed by atoms with van der Waals surface area (Å²) in [6, 6.07) is 9.81. The summed E-state index contributed by atoms with van der Waals surface area (Å²) < 4.78 is 4.75. The van der Waals surface area contributed by atoms with Crippen LogP contribution in [-0.4, -0.2) is 14.8 Å². The third-order valence-electron chi connectivity index (χ3n) is 1.23. The highest BCUT2D eigenvalue weighted by Gasteiger charge is 1.80. The molecule has 0 aromatic heterocycles. The van der Waals surface area contributed by atoms with E-state index >= 15 is 0 Å². The molecule has 0 aliphatic rings. The quantitative estimate of drug-likeness (QED) is 0.528. The van der Waals surface area contributed by atoms with Crippen LogP contribution in [0.5, 0.6) is 0 Å². The van der Waals surface area contributed by atoms with Crippen LogP contribution >= 0.6 is 0 Å². The molecule has 0 saturated carbocycles. The third kappa shape index (κ3) is 3.02. The zero-order valence-corrected chi connectivity index (χ0v) is 7.52. The first-order valence-electron chi connectivity index (χ1n) is 3.37. The molecule has 1 rings (SSSR count). The Morgan fingerprint density at radius 2 is 2.00 bits per heavy atom. The van der Waals surface area contributed by atoms with Gasteiger partial charge in [-0.3, -0.25) is 0 Å². The van der Waals surface area contributed by atoms with Crippen molar-refractivity contribution < 1.29 is 9.22 Å². The van der Waals surface area contributed by atoms with E-state index in [1.165, 1.54) is 6.26 Å². The van der Waals surface area contributed by atoms with Crippen LogP contribution in [0, 0.1) is 0 Å². The van der Waals surface area contributed by atoms with E-state index in [-0.39, 0.29) is 0 Å². The average Bonchev–Trinajstić information content (AvgIpc) is 2.07. The minimum atomic E-state index is -1.29. The van der Waals surface area contributed by atoms with Crippen LogP contribution in [-0.2, 0) is 4.43 Å². The largest absolute Gasteiger partial charge is 0.531 e. The maximum absolute atomic E-state index is 8.41. The predicted octanol–water partition coefficient (Wildman–Crippen LogP) is 0.665. The van der Waals surface area contributed by atoms with Gasteiger partial charge in [-0.25, -0.2) is 0 Å². The van der Waals surface area contributed by atoms with Gasteiger partial charge >= 0.3 is 10.0 Å². The molecule has 0 atom stereocenters. The Balaban J connectivity index is 2.50. The molecule has 2 nitrogen and oxygen atoms in total. The Morgan fingerprint density at radius 3 is 2.64 bits per heavy atom. The van der Waals surface area contributed by atoms with Crippen LogP contribution in [0.1, 0.15) is 5.56 Å². The van der Waals surface area contributed by atoms with E-state index in [0.29, 0.717) is 0 Å². The van der Waals surface area contributed by atoms with Gasteiger partial charge in [-0.15, -0.1) is 0 Å². The molecule has 58 valence electrons. The van der Waals surface area contributed by atoms with Crippen molar-refractivity contribution in [3.63, 3.8) is 0 Å². The summed E-state index contributed by atoms with van der Waals surface area (Å²) in [5, 5.41) is 0. The highest BCUT2D eigenvalue weighted by molar-refractivity contribution is 6.16. The zero-order valence-electron chi connectivity index (χ0n) is 6.10. The fraction of sp³-hybridized carbons (Fsp3) is 0. The Labute approximate surface area is 68.2 Å². The Hall–Kier alpha value is -1.06. The molecule has 0 aliphatic carbocycles. The van der Waals surface area contributed by atoms with Crippen LogP contribution < -0.4 is 0 Å². The standard InChI is InChI=1S/C8H10O2Si/c9-11-10-7-6-8-4-2-1-3-5-8/h1-7,9H,11H2. The molecule has 0 radical (unpaired) electrons. The van der Waals surface area contributed by atoms with Crippen molar-refractivity contribution in [1.82, 2.24) is 0 Å². The second kappa shape index (κ2) is 4.71. The summed E-state index contributed by atoms with van der Waals surface area (Å²) in [4.78, 5) is 8.41. The van der Waals surface area contributed by atoms with Gasteiger partial charge in [-0.1, -0.05) is 30.3 Å². The zero-order chi connectivity index (χ0) is 7.94. The molecule has 0 spiro atoms. The lowest BCUT2D eigenvalue weighted by atomic mass is 10.2. The molecule has 0 aliphatic heterocycles. The van der Waals surface area contributed by atoms with E-state index in [2.05, 4.69) is 0 Å². The van der Waals surface area contributed by atoms with Gasteiger partial charge in [0.1, 0.15) is 0 Å². The number of hydrogen-bond acceptors (Lipinski definition) is 2. The second-order valence-corrected chi connectivity index (χ2v) is 2.60. The normalized spacial score (nSPS) is 11.4. The molecular formula is C8H10O2Si. The predicted molar refractivity (Wildman–Crippen MR) is 47.3 cm³/mol. The van der Waals surface area contributed by atoms with Gasteiger partial charge in [0.2, 0.25) is 0 Å². The van der Waals surface area contributed by atoms with E-state index in [1.807, 2.05) is 36.4 Å². The number of hydrogen-bond donors (Lipinski definition) is 1. The molecule has 0 unspecified atom stereocenters. The second-order valence-electron chi connectivity index (χ2n) is 2.01. The summed E-state index contributed by atoms with van der Waals surface area (Å²) >= 11 is 0. The summed E-state index contributed by atoms with van der Waals surface area (Å²) in [5.41, 5.74) is 1.08. The first-order valence-corrected chi connectivity index (χ1v) is 4.58. The molecule has 0 saturated heterocycles. The first kappa shape index (κ1) is 8.04. The van der Waals surface area contributed by atoms with Crippen molar-refractivity contribution in [1.29, 1.82) is 0 Å². The Kier molecular flexibility index (Phi) is 3.44. The SMILES string of the molecule is O[SiH2]OC=Cc1ccccc1. The van der Waals surface area contributed by atoms with Crippen LogP contribution in [0.25, 0.3) is 6.08 Å². The molecule has 0 bridgehead atoms. The lowest BCUT2D eigenvalue weighted by Crippen LogP contribution is -1.86. The van der Waals surface area contributed by atoms with Crippen LogP contribution in [0.4, 0.5) is 0 Å². The van der Waals surface area contributed by atoms with Gasteiger partial charge in [-0.05, 0) is 11.6 Å².